The maximum absolute atomic E-state index is 12.9. The monoisotopic (exact) mass is 495 g/mol. The van der Waals surface area contributed by atoms with Crippen molar-refractivity contribution in [2.45, 2.75) is 12.1 Å². The molecule has 2 aliphatic heterocycles. The average Bonchev–Trinajstić information content (AvgIpc) is 3.18. The SMILES string of the molecule is O=C(CN1N=N[C@@H]2C(=O)N(c3ccc(Cl)cc3Cl)C(=O)[C@@H]21)Nc1ccc(Br)cc1. The van der Waals surface area contributed by atoms with Gasteiger partial charge in [0.1, 0.15) is 6.54 Å². The number of carbonyl (C=O) groups is 3. The molecule has 0 bridgehead atoms. The molecule has 0 unspecified atom stereocenters. The molecule has 148 valence electrons. The van der Waals surface area contributed by atoms with Gasteiger partial charge in [-0.25, -0.2) is 4.90 Å². The second-order valence-corrected chi connectivity index (χ2v) is 8.11. The summed E-state index contributed by atoms with van der Waals surface area (Å²) in [4.78, 5) is 39.0. The van der Waals surface area contributed by atoms with E-state index < -0.39 is 29.8 Å². The molecule has 8 nitrogen and oxygen atoms in total. The van der Waals surface area contributed by atoms with Crippen LogP contribution in [0.2, 0.25) is 10.0 Å². The van der Waals surface area contributed by atoms with Crippen LogP contribution in [0.3, 0.4) is 0 Å². The maximum Gasteiger partial charge on any atom is 0.263 e. The summed E-state index contributed by atoms with van der Waals surface area (Å²) in [5, 5.41) is 12.2. The molecule has 2 aromatic rings. The highest BCUT2D eigenvalue weighted by atomic mass is 79.9. The van der Waals surface area contributed by atoms with Gasteiger partial charge in [0.2, 0.25) is 5.91 Å². The lowest BCUT2D eigenvalue weighted by atomic mass is 10.1. The van der Waals surface area contributed by atoms with Crippen LogP contribution in [0.5, 0.6) is 0 Å². The van der Waals surface area contributed by atoms with Gasteiger partial charge in [0.05, 0.1) is 10.7 Å². The van der Waals surface area contributed by atoms with E-state index >= 15 is 0 Å². The van der Waals surface area contributed by atoms with Crippen molar-refractivity contribution < 1.29 is 14.4 Å². The van der Waals surface area contributed by atoms with Gasteiger partial charge in [0, 0.05) is 15.2 Å². The van der Waals surface area contributed by atoms with Crippen molar-refractivity contribution in [3.63, 3.8) is 0 Å². The minimum atomic E-state index is -1.02. The van der Waals surface area contributed by atoms with Gasteiger partial charge in [0.25, 0.3) is 11.8 Å². The van der Waals surface area contributed by atoms with Crippen molar-refractivity contribution >= 4 is 68.2 Å². The number of rotatable bonds is 4. The van der Waals surface area contributed by atoms with Crippen LogP contribution >= 0.6 is 39.1 Å². The number of anilines is 2. The fourth-order valence-electron chi connectivity index (χ4n) is 3.13. The van der Waals surface area contributed by atoms with E-state index in [1.165, 1.54) is 23.2 Å². The highest BCUT2D eigenvalue weighted by Gasteiger charge is 2.55. The van der Waals surface area contributed by atoms with Gasteiger partial charge < -0.3 is 5.32 Å². The first kappa shape index (κ1) is 19.8. The lowest BCUT2D eigenvalue weighted by Gasteiger charge is -2.20. The van der Waals surface area contributed by atoms with E-state index in [1.807, 2.05) is 0 Å². The number of benzene rings is 2. The van der Waals surface area contributed by atoms with E-state index in [0.29, 0.717) is 10.7 Å². The molecule has 0 saturated carbocycles. The molecule has 1 saturated heterocycles. The van der Waals surface area contributed by atoms with Gasteiger partial charge >= 0.3 is 0 Å². The van der Waals surface area contributed by atoms with Crippen LogP contribution in [0.4, 0.5) is 11.4 Å². The Morgan fingerprint density at radius 1 is 1.10 bits per heavy atom. The summed E-state index contributed by atoms with van der Waals surface area (Å²) >= 11 is 15.4. The van der Waals surface area contributed by atoms with Gasteiger partial charge in [-0.1, -0.05) is 44.4 Å². The first-order valence-corrected chi connectivity index (χ1v) is 9.96. The molecule has 29 heavy (non-hydrogen) atoms. The van der Waals surface area contributed by atoms with Crippen molar-refractivity contribution in [3.8, 4) is 0 Å². The summed E-state index contributed by atoms with van der Waals surface area (Å²) in [5.41, 5.74) is 0.809. The summed E-state index contributed by atoms with van der Waals surface area (Å²) < 4.78 is 0.878. The van der Waals surface area contributed by atoms with E-state index in [9.17, 15) is 14.4 Å². The minimum Gasteiger partial charge on any atom is -0.324 e. The van der Waals surface area contributed by atoms with E-state index in [2.05, 4.69) is 31.6 Å². The number of hydrogen-bond acceptors (Lipinski definition) is 6. The Kier molecular flexibility index (Phi) is 5.28. The topological polar surface area (TPSA) is 94.4 Å². The quantitative estimate of drug-likeness (QED) is 0.653. The highest BCUT2D eigenvalue weighted by molar-refractivity contribution is 9.10. The van der Waals surface area contributed by atoms with Gasteiger partial charge in [-0.3, -0.25) is 19.4 Å². The van der Waals surface area contributed by atoms with E-state index in [0.717, 1.165) is 9.37 Å². The molecular weight excluding hydrogens is 485 g/mol. The Morgan fingerprint density at radius 2 is 1.83 bits per heavy atom. The molecule has 2 aromatic carbocycles. The fourth-order valence-corrected chi connectivity index (χ4v) is 3.89. The Bertz CT molecular complexity index is 1050. The van der Waals surface area contributed by atoms with Crippen molar-refractivity contribution in [1.29, 1.82) is 0 Å². The van der Waals surface area contributed by atoms with Crippen molar-refractivity contribution in [1.82, 2.24) is 5.01 Å². The van der Waals surface area contributed by atoms with Gasteiger partial charge in [-0.05, 0) is 42.5 Å². The van der Waals surface area contributed by atoms with Gasteiger partial charge in [0.15, 0.2) is 12.1 Å². The molecule has 1 fully saturated rings. The van der Waals surface area contributed by atoms with Crippen molar-refractivity contribution in [2.75, 3.05) is 16.8 Å². The number of halogens is 3. The zero-order valence-electron chi connectivity index (χ0n) is 14.6. The zero-order valence-corrected chi connectivity index (χ0v) is 17.6. The number of carbonyl (C=O) groups excluding carboxylic acids is 3. The van der Waals surface area contributed by atoms with Crippen molar-refractivity contribution in [2.24, 2.45) is 10.3 Å². The summed E-state index contributed by atoms with van der Waals surface area (Å²) in [7, 11) is 0. The molecule has 0 aromatic heterocycles. The van der Waals surface area contributed by atoms with Gasteiger partial charge in [-0.2, -0.15) is 5.11 Å². The predicted octanol–water partition coefficient (Wildman–Crippen LogP) is 3.69. The first-order valence-electron chi connectivity index (χ1n) is 8.41. The standard InChI is InChI=1S/C18H12BrCl2N5O3/c19-9-1-4-11(5-2-9)22-14(27)8-25-16-15(23-24-25)17(28)26(18(16)29)13-6-3-10(20)7-12(13)21/h1-7,15-16H,8H2,(H,22,27)/t15-,16+/m0/s1. The summed E-state index contributed by atoms with van der Waals surface area (Å²) in [6, 6.07) is 9.47. The number of nitrogens with one attached hydrogen (secondary N) is 1. The number of imide groups is 1. The predicted molar refractivity (Wildman–Crippen MR) is 111 cm³/mol. The van der Waals surface area contributed by atoms with Crippen LogP contribution in [-0.2, 0) is 14.4 Å². The second-order valence-electron chi connectivity index (χ2n) is 6.35. The Balaban J connectivity index is 1.50. The summed E-state index contributed by atoms with van der Waals surface area (Å²) in [6.45, 7) is -0.234. The van der Waals surface area contributed by atoms with Crippen LogP contribution in [0.1, 0.15) is 0 Å². The Morgan fingerprint density at radius 3 is 2.52 bits per heavy atom. The molecule has 2 atom stereocenters. The normalized spacial score (nSPS) is 20.4. The largest absolute Gasteiger partial charge is 0.324 e. The summed E-state index contributed by atoms with van der Waals surface area (Å²) in [5.74, 6) is -1.50. The molecule has 0 aliphatic carbocycles. The van der Waals surface area contributed by atoms with Crippen LogP contribution in [-0.4, -0.2) is 41.4 Å². The lowest BCUT2D eigenvalue weighted by Crippen LogP contribution is -2.43. The van der Waals surface area contributed by atoms with Crippen LogP contribution in [0.25, 0.3) is 0 Å². The molecule has 4 rings (SSSR count). The molecule has 11 heteroatoms. The van der Waals surface area contributed by atoms with Crippen molar-refractivity contribution in [3.05, 3.63) is 57.0 Å². The molecule has 1 N–H and O–H groups in total. The Hall–Kier alpha value is -2.49. The van der Waals surface area contributed by atoms with Gasteiger partial charge in [-0.15, -0.1) is 0 Å². The fraction of sp³-hybridized carbons (Fsp3) is 0.167. The maximum atomic E-state index is 12.9. The average molecular weight is 497 g/mol. The molecule has 0 radical (unpaired) electrons. The first-order chi connectivity index (χ1) is 13.8. The third-order valence-electron chi connectivity index (χ3n) is 4.44. The molecule has 2 aliphatic rings. The highest BCUT2D eigenvalue weighted by Crippen LogP contribution is 2.36. The second kappa shape index (κ2) is 7.74. The third kappa shape index (κ3) is 3.73. The summed E-state index contributed by atoms with van der Waals surface area (Å²) in [6.07, 6.45) is 0. The van der Waals surface area contributed by atoms with Crippen LogP contribution in [0.15, 0.2) is 57.3 Å². The number of amides is 3. The molecule has 2 heterocycles. The number of fused-ring (bicyclic) bond motifs is 1. The molecular formula is C18H12BrCl2N5O3. The zero-order chi connectivity index (χ0) is 20.7. The Labute approximate surface area is 183 Å². The third-order valence-corrected chi connectivity index (χ3v) is 5.51. The number of hydrogen-bond donors (Lipinski definition) is 1. The lowest BCUT2D eigenvalue weighted by molar-refractivity contribution is -0.123. The minimum absolute atomic E-state index is 0.163. The van der Waals surface area contributed by atoms with E-state index in [4.69, 9.17) is 23.2 Å². The van der Waals surface area contributed by atoms with E-state index in [1.54, 1.807) is 24.3 Å². The molecule has 3 amide bonds. The number of nitrogens with zero attached hydrogens (tertiary/aromatic N) is 4. The van der Waals surface area contributed by atoms with Crippen LogP contribution in [0, 0.1) is 0 Å². The smallest absolute Gasteiger partial charge is 0.263 e. The van der Waals surface area contributed by atoms with E-state index in [-0.39, 0.29) is 17.3 Å². The van der Waals surface area contributed by atoms with Crippen LogP contribution < -0.4 is 10.2 Å². The molecule has 0 spiro atoms.